The standard InChI is InChI=1S/C13H13BrN2O2/c1-2-17-10-3-5-11(6-4-10)18-13-12(15)7-9(14)8-16-13/h3-8H,2,15H2,1H3. The van der Waals surface area contributed by atoms with E-state index in [2.05, 4.69) is 20.9 Å². The van der Waals surface area contributed by atoms with Crippen molar-refractivity contribution in [3.05, 3.63) is 41.0 Å². The van der Waals surface area contributed by atoms with Crippen LogP contribution in [-0.4, -0.2) is 11.6 Å². The average molecular weight is 309 g/mol. The lowest BCUT2D eigenvalue weighted by atomic mass is 10.3. The van der Waals surface area contributed by atoms with Gasteiger partial charge in [0.25, 0.3) is 0 Å². The van der Waals surface area contributed by atoms with E-state index < -0.39 is 0 Å². The van der Waals surface area contributed by atoms with Crippen molar-refractivity contribution in [3.63, 3.8) is 0 Å². The largest absolute Gasteiger partial charge is 0.494 e. The zero-order chi connectivity index (χ0) is 13.0. The highest BCUT2D eigenvalue weighted by molar-refractivity contribution is 9.10. The molecule has 1 heterocycles. The number of nitrogens with zero attached hydrogens (tertiary/aromatic N) is 1. The van der Waals surface area contributed by atoms with E-state index >= 15 is 0 Å². The molecular formula is C13H13BrN2O2. The van der Waals surface area contributed by atoms with Gasteiger partial charge in [-0.15, -0.1) is 0 Å². The molecular weight excluding hydrogens is 296 g/mol. The van der Waals surface area contributed by atoms with Gasteiger partial charge in [-0.2, -0.15) is 0 Å². The second kappa shape index (κ2) is 5.73. The molecule has 0 radical (unpaired) electrons. The third-order valence-corrected chi connectivity index (χ3v) is 2.63. The second-order valence-electron chi connectivity index (χ2n) is 3.55. The predicted octanol–water partition coefficient (Wildman–Crippen LogP) is 3.62. The van der Waals surface area contributed by atoms with Crippen molar-refractivity contribution in [2.45, 2.75) is 6.92 Å². The van der Waals surface area contributed by atoms with Crippen LogP contribution in [0.15, 0.2) is 41.0 Å². The van der Waals surface area contributed by atoms with Gasteiger partial charge in [-0.05, 0) is 53.2 Å². The lowest BCUT2D eigenvalue weighted by molar-refractivity contribution is 0.339. The van der Waals surface area contributed by atoms with Gasteiger partial charge in [-0.1, -0.05) is 0 Å². The van der Waals surface area contributed by atoms with Gasteiger partial charge in [0, 0.05) is 10.7 Å². The summed E-state index contributed by atoms with van der Waals surface area (Å²) in [6.45, 7) is 2.58. The third kappa shape index (κ3) is 3.13. The molecule has 0 spiro atoms. The lowest BCUT2D eigenvalue weighted by Gasteiger charge is -2.08. The molecule has 0 saturated heterocycles. The van der Waals surface area contributed by atoms with E-state index in [9.17, 15) is 0 Å². The minimum absolute atomic E-state index is 0.391. The summed E-state index contributed by atoms with van der Waals surface area (Å²) in [5, 5.41) is 0. The van der Waals surface area contributed by atoms with E-state index in [1.165, 1.54) is 0 Å². The Morgan fingerprint density at radius 2 is 1.89 bits per heavy atom. The Balaban J connectivity index is 2.13. The normalized spacial score (nSPS) is 10.1. The van der Waals surface area contributed by atoms with Crippen molar-refractivity contribution < 1.29 is 9.47 Å². The molecule has 0 bridgehead atoms. The van der Waals surface area contributed by atoms with Crippen LogP contribution >= 0.6 is 15.9 Å². The fraction of sp³-hybridized carbons (Fsp3) is 0.154. The molecule has 5 heteroatoms. The van der Waals surface area contributed by atoms with Crippen LogP contribution in [0.3, 0.4) is 0 Å². The molecule has 94 valence electrons. The molecule has 0 unspecified atom stereocenters. The fourth-order valence-electron chi connectivity index (χ4n) is 1.41. The van der Waals surface area contributed by atoms with E-state index in [4.69, 9.17) is 15.2 Å². The fourth-order valence-corrected chi connectivity index (χ4v) is 1.76. The first-order valence-electron chi connectivity index (χ1n) is 5.51. The summed E-state index contributed by atoms with van der Waals surface area (Å²) in [7, 11) is 0. The van der Waals surface area contributed by atoms with Crippen molar-refractivity contribution in [3.8, 4) is 17.4 Å². The summed E-state index contributed by atoms with van der Waals surface area (Å²) in [6, 6.07) is 9.06. The first-order chi connectivity index (χ1) is 8.69. The molecule has 2 aromatic rings. The van der Waals surface area contributed by atoms with Crippen LogP contribution in [0.25, 0.3) is 0 Å². The lowest BCUT2D eigenvalue weighted by Crippen LogP contribution is -1.95. The van der Waals surface area contributed by atoms with Crippen LogP contribution in [0.5, 0.6) is 17.4 Å². The maximum atomic E-state index is 5.80. The number of benzene rings is 1. The number of anilines is 1. The van der Waals surface area contributed by atoms with Crippen LogP contribution in [0.1, 0.15) is 6.92 Å². The second-order valence-corrected chi connectivity index (χ2v) is 4.47. The Hall–Kier alpha value is -1.75. The zero-order valence-corrected chi connectivity index (χ0v) is 11.5. The number of rotatable bonds is 4. The summed E-state index contributed by atoms with van der Waals surface area (Å²) < 4.78 is 11.8. The predicted molar refractivity (Wildman–Crippen MR) is 74.0 cm³/mol. The Morgan fingerprint density at radius 1 is 1.22 bits per heavy atom. The molecule has 0 saturated carbocycles. The summed E-state index contributed by atoms with van der Waals surface area (Å²) in [4.78, 5) is 4.11. The van der Waals surface area contributed by atoms with E-state index in [1.54, 1.807) is 12.3 Å². The van der Waals surface area contributed by atoms with Gasteiger partial charge in [-0.3, -0.25) is 0 Å². The average Bonchev–Trinajstić information content (AvgIpc) is 2.35. The monoisotopic (exact) mass is 308 g/mol. The van der Waals surface area contributed by atoms with E-state index in [1.807, 2.05) is 31.2 Å². The topological polar surface area (TPSA) is 57.4 Å². The minimum atomic E-state index is 0.391. The molecule has 0 amide bonds. The quantitative estimate of drug-likeness (QED) is 0.937. The number of hydrogen-bond acceptors (Lipinski definition) is 4. The smallest absolute Gasteiger partial charge is 0.242 e. The molecule has 0 fully saturated rings. The van der Waals surface area contributed by atoms with Gasteiger partial charge in [-0.25, -0.2) is 4.98 Å². The van der Waals surface area contributed by atoms with Crippen LogP contribution in [0.2, 0.25) is 0 Å². The van der Waals surface area contributed by atoms with Crippen LogP contribution in [-0.2, 0) is 0 Å². The van der Waals surface area contributed by atoms with Crippen LogP contribution < -0.4 is 15.2 Å². The third-order valence-electron chi connectivity index (χ3n) is 2.19. The van der Waals surface area contributed by atoms with Crippen molar-refractivity contribution in [2.75, 3.05) is 12.3 Å². The first kappa shape index (κ1) is 12.7. The van der Waals surface area contributed by atoms with Gasteiger partial charge in [0.15, 0.2) is 0 Å². The Bertz CT molecular complexity index is 529. The van der Waals surface area contributed by atoms with Gasteiger partial charge in [0.1, 0.15) is 11.5 Å². The highest BCUT2D eigenvalue weighted by atomic mass is 79.9. The summed E-state index contributed by atoms with van der Waals surface area (Å²) >= 11 is 3.29. The van der Waals surface area contributed by atoms with Crippen LogP contribution in [0.4, 0.5) is 5.69 Å². The Labute approximate surface area is 114 Å². The number of aromatic nitrogens is 1. The summed E-state index contributed by atoms with van der Waals surface area (Å²) in [6.07, 6.45) is 1.64. The van der Waals surface area contributed by atoms with Crippen molar-refractivity contribution in [1.82, 2.24) is 4.98 Å². The molecule has 2 rings (SSSR count). The number of halogens is 1. The Morgan fingerprint density at radius 3 is 2.50 bits per heavy atom. The van der Waals surface area contributed by atoms with Crippen molar-refractivity contribution in [1.29, 1.82) is 0 Å². The van der Waals surface area contributed by atoms with Gasteiger partial charge in [0.05, 0.1) is 12.3 Å². The highest BCUT2D eigenvalue weighted by Gasteiger charge is 2.04. The van der Waals surface area contributed by atoms with Gasteiger partial charge < -0.3 is 15.2 Å². The first-order valence-corrected chi connectivity index (χ1v) is 6.30. The molecule has 1 aromatic heterocycles. The van der Waals surface area contributed by atoms with Gasteiger partial charge in [0.2, 0.25) is 5.88 Å². The number of ether oxygens (including phenoxy) is 2. The number of pyridine rings is 1. The minimum Gasteiger partial charge on any atom is -0.494 e. The molecule has 0 aliphatic carbocycles. The van der Waals surface area contributed by atoms with E-state index in [-0.39, 0.29) is 0 Å². The molecule has 4 nitrogen and oxygen atoms in total. The van der Waals surface area contributed by atoms with Crippen LogP contribution in [0, 0.1) is 0 Å². The maximum absolute atomic E-state index is 5.80. The molecule has 0 aliphatic rings. The van der Waals surface area contributed by atoms with Crippen molar-refractivity contribution in [2.24, 2.45) is 0 Å². The molecule has 0 aliphatic heterocycles. The molecule has 1 aromatic carbocycles. The highest BCUT2D eigenvalue weighted by Crippen LogP contribution is 2.28. The number of hydrogen-bond donors (Lipinski definition) is 1. The zero-order valence-electron chi connectivity index (χ0n) is 9.89. The van der Waals surface area contributed by atoms with Crippen molar-refractivity contribution >= 4 is 21.6 Å². The Kier molecular flexibility index (Phi) is 4.04. The van der Waals surface area contributed by atoms with Gasteiger partial charge >= 0.3 is 0 Å². The molecule has 2 N–H and O–H groups in total. The summed E-state index contributed by atoms with van der Waals surface area (Å²) in [5.41, 5.74) is 6.29. The van der Waals surface area contributed by atoms with E-state index in [0.29, 0.717) is 23.9 Å². The molecule has 18 heavy (non-hydrogen) atoms. The SMILES string of the molecule is CCOc1ccc(Oc2ncc(Br)cc2N)cc1. The van der Waals surface area contributed by atoms with E-state index in [0.717, 1.165) is 10.2 Å². The summed E-state index contributed by atoms with van der Waals surface area (Å²) in [5.74, 6) is 1.86. The number of nitrogen functional groups attached to an aromatic ring is 1. The molecule has 0 atom stereocenters. The number of nitrogens with two attached hydrogens (primary N) is 1. The maximum Gasteiger partial charge on any atom is 0.242 e.